The fourth-order valence-corrected chi connectivity index (χ4v) is 3.18. The fourth-order valence-electron chi connectivity index (χ4n) is 2.25. The number of alkyl halides is 3. The van der Waals surface area contributed by atoms with Crippen molar-refractivity contribution in [3.63, 3.8) is 0 Å². The number of hydrogen-bond acceptors (Lipinski definition) is 3. The average molecular weight is 363 g/mol. The second kappa shape index (κ2) is 7.23. The van der Waals surface area contributed by atoms with Crippen molar-refractivity contribution < 1.29 is 13.2 Å². The Balaban J connectivity index is 1.77. The minimum Gasteiger partial charge on any atom is -0.273 e. The molecular formula is C18H16F3N3S. The van der Waals surface area contributed by atoms with Gasteiger partial charge in [-0.3, -0.25) is 10.1 Å². The van der Waals surface area contributed by atoms with Crippen LogP contribution in [0.15, 0.2) is 42.6 Å². The zero-order valence-electron chi connectivity index (χ0n) is 13.5. The van der Waals surface area contributed by atoms with Crippen LogP contribution in [0.3, 0.4) is 0 Å². The number of nitrogens with one attached hydrogen (secondary N) is 1. The lowest BCUT2D eigenvalue weighted by Crippen LogP contribution is -2.04. The van der Waals surface area contributed by atoms with Crippen LogP contribution in [0.5, 0.6) is 0 Å². The van der Waals surface area contributed by atoms with Gasteiger partial charge in [0.15, 0.2) is 0 Å². The number of halogens is 3. The standard InChI is InChI=1S/C18H16F3N3S/c1-2-3-4-5-13-7-9-16(25-13)12-6-8-14(22-11-12)15-10-17(24-23-15)18(19,20)21/h4-11H,2-3H2,1H3,(H,23,24)/b5-4+. The van der Waals surface area contributed by atoms with Gasteiger partial charge in [0, 0.05) is 21.5 Å². The van der Waals surface area contributed by atoms with Crippen molar-refractivity contribution in [1.29, 1.82) is 0 Å². The third-order valence-electron chi connectivity index (χ3n) is 3.56. The van der Waals surface area contributed by atoms with E-state index in [0.717, 1.165) is 34.2 Å². The molecule has 0 aliphatic heterocycles. The normalized spacial score (nSPS) is 12.2. The summed E-state index contributed by atoms with van der Waals surface area (Å²) >= 11 is 1.65. The van der Waals surface area contributed by atoms with Crippen molar-refractivity contribution in [2.24, 2.45) is 0 Å². The third-order valence-corrected chi connectivity index (χ3v) is 4.66. The Bertz CT molecular complexity index is 860. The second-order valence-electron chi connectivity index (χ2n) is 5.49. The molecule has 3 aromatic rings. The number of thiophene rings is 1. The van der Waals surface area contributed by atoms with E-state index >= 15 is 0 Å². The summed E-state index contributed by atoms with van der Waals surface area (Å²) < 4.78 is 37.9. The highest BCUT2D eigenvalue weighted by atomic mass is 32.1. The van der Waals surface area contributed by atoms with Crippen LogP contribution >= 0.6 is 11.3 Å². The molecule has 0 unspecified atom stereocenters. The van der Waals surface area contributed by atoms with Gasteiger partial charge >= 0.3 is 6.18 Å². The molecule has 0 bridgehead atoms. The van der Waals surface area contributed by atoms with Crippen LogP contribution in [-0.2, 0) is 6.18 Å². The molecule has 0 spiro atoms. The maximum atomic E-state index is 12.6. The van der Waals surface area contributed by atoms with Crippen molar-refractivity contribution in [1.82, 2.24) is 15.2 Å². The fraction of sp³-hybridized carbons (Fsp3) is 0.222. The average Bonchev–Trinajstić information content (AvgIpc) is 3.25. The largest absolute Gasteiger partial charge is 0.432 e. The summed E-state index contributed by atoms with van der Waals surface area (Å²) in [6, 6.07) is 8.55. The molecule has 7 heteroatoms. The molecule has 25 heavy (non-hydrogen) atoms. The van der Waals surface area contributed by atoms with Gasteiger partial charge in [-0.25, -0.2) is 0 Å². The van der Waals surface area contributed by atoms with E-state index < -0.39 is 11.9 Å². The lowest BCUT2D eigenvalue weighted by atomic mass is 10.2. The summed E-state index contributed by atoms with van der Waals surface area (Å²) in [6.45, 7) is 2.13. The molecule has 0 saturated carbocycles. The first-order valence-electron chi connectivity index (χ1n) is 7.83. The Morgan fingerprint density at radius 2 is 2.00 bits per heavy atom. The van der Waals surface area contributed by atoms with E-state index in [-0.39, 0.29) is 5.69 Å². The van der Waals surface area contributed by atoms with Gasteiger partial charge in [-0.15, -0.1) is 11.3 Å². The lowest BCUT2D eigenvalue weighted by molar-refractivity contribution is -0.141. The Hall–Kier alpha value is -2.41. The molecule has 3 heterocycles. The maximum Gasteiger partial charge on any atom is 0.432 e. The van der Waals surface area contributed by atoms with Crippen molar-refractivity contribution in [2.45, 2.75) is 25.9 Å². The molecule has 3 aromatic heterocycles. The SMILES string of the molecule is CCC/C=C/c1ccc(-c2ccc(-c3cc(C(F)(F)F)[nH]n3)nc2)s1. The number of rotatable bonds is 5. The Labute approximate surface area is 147 Å². The van der Waals surface area contributed by atoms with Gasteiger partial charge in [0.1, 0.15) is 11.4 Å². The van der Waals surface area contributed by atoms with Crippen LogP contribution < -0.4 is 0 Å². The predicted octanol–water partition coefficient (Wildman–Crippen LogP) is 6.03. The smallest absolute Gasteiger partial charge is 0.273 e. The van der Waals surface area contributed by atoms with E-state index in [9.17, 15) is 13.2 Å². The molecule has 130 valence electrons. The summed E-state index contributed by atoms with van der Waals surface area (Å²) in [5, 5.41) is 5.68. The molecule has 0 aromatic carbocycles. The van der Waals surface area contributed by atoms with Crippen LogP contribution in [0.2, 0.25) is 0 Å². The number of pyridine rings is 1. The lowest BCUT2D eigenvalue weighted by Gasteiger charge is -2.00. The van der Waals surface area contributed by atoms with Crippen LogP contribution in [0, 0.1) is 0 Å². The molecule has 3 rings (SSSR count). The molecule has 0 aliphatic carbocycles. The molecule has 0 aliphatic rings. The monoisotopic (exact) mass is 363 g/mol. The molecule has 0 fully saturated rings. The van der Waals surface area contributed by atoms with E-state index in [2.05, 4.69) is 29.2 Å². The minimum atomic E-state index is -4.44. The quantitative estimate of drug-likeness (QED) is 0.601. The van der Waals surface area contributed by atoms with Gasteiger partial charge in [-0.05, 0) is 42.8 Å². The number of hydrogen-bond donors (Lipinski definition) is 1. The van der Waals surface area contributed by atoms with Crippen LogP contribution in [0.4, 0.5) is 13.2 Å². The van der Waals surface area contributed by atoms with Crippen molar-refractivity contribution >= 4 is 17.4 Å². The minimum absolute atomic E-state index is 0.174. The number of unbranched alkanes of at least 4 members (excludes halogenated alkanes) is 1. The molecule has 1 N–H and O–H groups in total. The third kappa shape index (κ3) is 4.17. The summed E-state index contributed by atoms with van der Waals surface area (Å²) in [5.74, 6) is 0. The van der Waals surface area contributed by atoms with Gasteiger partial charge < -0.3 is 0 Å². The van der Waals surface area contributed by atoms with Crippen molar-refractivity contribution in [3.8, 4) is 21.8 Å². The van der Waals surface area contributed by atoms with Crippen molar-refractivity contribution in [2.75, 3.05) is 0 Å². The van der Waals surface area contributed by atoms with Crippen LogP contribution in [0.1, 0.15) is 30.3 Å². The second-order valence-corrected chi connectivity index (χ2v) is 6.61. The van der Waals surface area contributed by atoms with E-state index in [1.807, 2.05) is 23.3 Å². The zero-order chi connectivity index (χ0) is 17.9. The number of allylic oxidation sites excluding steroid dienone is 1. The number of H-pyrrole nitrogens is 1. The maximum absolute atomic E-state index is 12.6. The Kier molecular flexibility index (Phi) is 5.03. The van der Waals surface area contributed by atoms with Gasteiger partial charge in [-0.1, -0.05) is 19.4 Å². The summed E-state index contributed by atoms with van der Waals surface area (Å²) in [5.41, 5.74) is 0.619. The first-order valence-corrected chi connectivity index (χ1v) is 8.65. The van der Waals surface area contributed by atoms with Gasteiger partial charge in [0.05, 0.1) is 5.69 Å². The molecule has 0 atom stereocenters. The van der Waals surface area contributed by atoms with E-state index in [4.69, 9.17) is 0 Å². The Morgan fingerprint density at radius 3 is 2.64 bits per heavy atom. The molecule has 3 nitrogen and oxygen atoms in total. The van der Waals surface area contributed by atoms with Crippen LogP contribution in [-0.4, -0.2) is 15.2 Å². The first-order chi connectivity index (χ1) is 12.0. The molecule has 0 amide bonds. The van der Waals surface area contributed by atoms with E-state index in [0.29, 0.717) is 5.69 Å². The number of aromatic amines is 1. The van der Waals surface area contributed by atoms with Gasteiger partial charge in [0.25, 0.3) is 0 Å². The zero-order valence-corrected chi connectivity index (χ0v) is 14.3. The molecule has 0 radical (unpaired) electrons. The highest BCUT2D eigenvalue weighted by Gasteiger charge is 2.33. The summed E-state index contributed by atoms with van der Waals surface area (Å²) in [6.07, 6.45) is 3.62. The first kappa shape index (κ1) is 17.4. The summed E-state index contributed by atoms with van der Waals surface area (Å²) in [4.78, 5) is 6.47. The highest BCUT2D eigenvalue weighted by Crippen LogP contribution is 2.31. The highest BCUT2D eigenvalue weighted by molar-refractivity contribution is 7.16. The molecular weight excluding hydrogens is 347 g/mol. The van der Waals surface area contributed by atoms with Gasteiger partial charge in [-0.2, -0.15) is 18.3 Å². The van der Waals surface area contributed by atoms with Gasteiger partial charge in [0.2, 0.25) is 0 Å². The number of nitrogens with zero attached hydrogens (tertiary/aromatic N) is 2. The van der Waals surface area contributed by atoms with Crippen LogP contribution in [0.25, 0.3) is 27.9 Å². The predicted molar refractivity (Wildman–Crippen MR) is 94.1 cm³/mol. The van der Waals surface area contributed by atoms with Crippen molar-refractivity contribution in [3.05, 3.63) is 53.2 Å². The Morgan fingerprint density at radius 1 is 1.16 bits per heavy atom. The van der Waals surface area contributed by atoms with E-state index in [1.165, 1.54) is 0 Å². The van der Waals surface area contributed by atoms with E-state index in [1.54, 1.807) is 23.6 Å². The number of aromatic nitrogens is 3. The molecule has 0 saturated heterocycles. The summed E-state index contributed by atoms with van der Waals surface area (Å²) in [7, 11) is 0. The topological polar surface area (TPSA) is 41.6 Å².